The number of hydrogen-bond donors (Lipinski definition) is 1. The molecule has 1 aromatic rings. The molecule has 1 aromatic heterocycles. The molecule has 3 heteroatoms. The standard InChI is InChI=1S/C14H27N2O/c1-6-7-8-9-15-12(3)13(4)16(14(15)5)10-11(2)17/h11,17H,6-10H2,1-5H3/q+1. The Morgan fingerprint density at radius 1 is 1.24 bits per heavy atom. The van der Waals surface area contributed by atoms with Crippen LogP contribution in [0.3, 0.4) is 0 Å². The normalized spacial score (nSPS) is 13.1. The second-order valence-corrected chi connectivity index (χ2v) is 5.04. The summed E-state index contributed by atoms with van der Waals surface area (Å²) in [5.41, 5.74) is 2.61. The van der Waals surface area contributed by atoms with E-state index >= 15 is 0 Å². The highest BCUT2D eigenvalue weighted by molar-refractivity contribution is 5.06. The fraction of sp³-hybridized carbons (Fsp3) is 0.786. The van der Waals surface area contributed by atoms with Crippen molar-refractivity contribution in [2.75, 3.05) is 0 Å². The SMILES string of the molecule is CCCCCn1c(C)c(C)[n+](CC(C)O)c1C. The van der Waals surface area contributed by atoms with E-state index in [0.29, 0.717) is 6.54 Å². The molecule has 1 unspecified atom stereocenters. The van der Waals surface area contributed by atoms with E-state index in [9.17, 15) is 5.11 Å². The Bertz CT molecular complexity index is 367. The van der Waals surface area contributed by atoms with E-state index in [0.717, 1.165) is 6.54 Å². The van der Waals surface area contributed by atoms with Crippen LogP contribution in [0.25, 0.3) is 0 Å². The molecule has 1 N–H and O–H groups in total. The van der Waals surface area contributed by atoms with E-state index in [1.807, 2.05) is 6.92 Å². The number of aliphatic hydroxyl groups excluding tert-OH is 1. The summed E-state index contributed by atoms with van der Waals surface area (Å²) in [5, 5.41) is 9.54. The molecule has 0 saturated heterocycles. The van der Waals surface area contributed by atoms with Crippen LogP contribution in [-0.4, -0.2) is 15.8 Å². The largest absolute Gasteiger partial charge is 0.389 e. The minimum atomic E-state index is -0.289. The summed E-state index contributed by atoms with van der Waals surface area (Å²) in [7, 11) is 0. The fourth-order valence-corrected chi connectivity index (χ4v) is 2.40. The van der Waals surface area contributed by atoms with Crippen molar-refractivity contribution < 1.29 is 9.67 Å². The number of unbranched alkanes of at least 4 members (excludes halogenated alkanes) is 2. The molecule has 1 atom stereocenters. The highest BCUT2D eigenvalue weighted by Gasteiger charge is 2.22. The van der Waals surface area contributed by atoms with Gasteiger partial charge in [0.25, 0.3) is 5.82 Å². The van der Waals surface area contributed by atoms with Crippen LogP contribution in [-0.2, 0) is 13.1 Å². The average Bonchev–Trinajstić information content (AvgIpc) is 2.45. The van der Waals surface area contributed by atoms with Gasteiger partial charge in [-0.05, 0) is 19.8 Å². The smallest absolute Gasteiger partial charge is 0.253 e. The third kappa shape index (κ3) is 3.32. The van der Waals surface area contributed by atoms with Gasteiger partial charge in [-0.25, -0.2) is 9.13 Å². The van der Waals surface area contributed by atoms with Crippen LogP contribution < -0.4 is 4.57 Å². The van der Waals surface area contributed by atoms with Gasteiger partial charge in [0, 0.05) is 20.8 Å². The van der Waals surface area contributed by atoms with Crippen molar-refractivity contribution in [1.29, 1.82) is 0 Å². The highest BCUT2D eigenvalue weighted by atomic mass is 16.3. The lowest BCUT2D eigenvalue weighted by atomic mass is 10.2. The number of aliphatic hydroxyl groups is 1. The first-order valence-electron chi connectivity index (χ1n) is 6.73. The quantitative estimate of drug-likeness (QED) is 0.599. The summed E-state index contributed by atoms with van der Waals surface area (Å²) in [6, 6.07) is 0. The molecular weight excluding hydrogens is 212 g/mol. The van der Waals surface area contributed by atoms with Gasteiger partial charge in [0.2, 0.25) is 0 Å². The molecule has 1 heterocycles. The molecule has 1 rings (SSSR count). The van der Waals surface area contributed by atoms with Crippen molar-refractivity contribution in [2.24, 2.45) is 0 Å². The summed E-state index contributed by atoms with van der Waals surface area (Å²) in [5.74, 6) is 1.26. The minimum Gasteiger partial charge on any atom is -0.389 e. The van der Waals surface area contributed by atoms with Gasteiger partial charge in [-0.2, -0.15) is 0 Å². The highest BCUT2D eigenvalue weighted by Crippen LogP contribution is 2.10. The van der Waals surface area contributed by atoms with Crippen LogP contribution in [0.2, 0.25) is 0 Å². The number of imidazole rings is 1. The van der Waals surface area contributed by atoms with Gasteiger partial charge in [0.1, 0.15) is 17.9 Å². The molecule has 0 aliphatic rings. The Labute approximate surface area is 105 Å². The van der Waals surface area contributed by atoms with Crippen LogP contribution in [0.5, 0.6) is 0 Å². The number of hydrogen-bond acceptors (Lipinski definition) is 1. The van der Waals surface area contributed by atoms with E-state index in [4.69, 9.17) is 0 Å². The zero-order chi connectivity index (χ0) is 13.0. The lowest BCUT2D eigenvalue weighted by Crippen LogP contribution is -2.43. The van der Waals surface area contributed by atoms with E-state index in [2.05, 4.69) is 36.8 Å². The number of aromatic nitrogens is 2. The summed E-state index contributed by atoms with van der Waals surface area (Å²) in [6.07, 6.45) is 3.49. The zero-order valence-electron chi connectivity index (χ0n) is 12.0. The monoisotopic (exact) mass is 239 g/mol. The average molecular weight is 239 g/mol. The molecule has 0 aliphatic heterocycles. The van der Waals surface area contributed by atoms with Crippen LogP contribution in [0, 0.1) is 20.8 Å². The summed E-state index contributed by atoms with van der Waals surface area (Å²) >= 11 is 0. The van der Waals surface area contributed by atoms with Crippen LogP contribution >= 0.6 is 0 Å². The van der Waals surface area contributed by atoms with Gasteiger partial charge in [0.05, 0.1) is 12.6 Å². The Morgan fingerprint density at radius 3 is 2.41 bits per heavy atom. The maximum atomic E-state index is 9.54. The van der Waals surface area contributed by atoms with Crippen molar-refractivity contribution in [2.45, 2.75) is 73.1 Å². The van der Waals surface area contributed by atoms with E-state index < -0.39 is 0 Å². The lowest BCUT2D eigenvalue weighted by molar-refractivity contribution is -0.714. The number of rotatable bonds is 6. The van der Waals surface area contributed by atoms with Gasteiger partial charge in [-0.15, -0.1) is 0 Å². The van der Waals surface area contributed by atoms with Crippen LogP contribution in [0.15, 0.2) is 0 Å². The fourth-order valence-electron chi connectivity index (χ4n) is 2.40. The molecule has 17 heavy (non-hydrogen) atoms. The molecule has 0 amide bonds. The molecule has 98 valence electrons. The molecule has 0 aliphatic carbocycles. The molecule has 0 spiro atoms. The van der Waals surface area contributed by atoms with Gasteiger partial charge < -0.3 is 5.11 Å². The Hall–Kier alpha value is -0.830. The molecule has 0 fully saturated rings. The van der Waals surface area contributed by atoms with Gasteiger partial charge in [-0.1, -0.05) is 13.3 Å². The van der Waals surface area contributed by atoms with Gasteiger partial charge in [0.15, 0.2) is 0 Å². The molecular formula is C14H27N2O+. The molecule has 0 radical (unpaired) electrons. The summed E-state index contributed by atoms with van der Waals surface area (Å²) in [6.45, 7) is 12.3. The Morgan fingerprint density at radius 2 is 1.88 bits per heavy atom. The van der Waals surface area contributed by atoms with Gasteiger partial charge in [-0.3, -0.25) is 0 Å². The van der Waals surface area contributed by atoms with Crippen molar-refractivity contribution in [3.05, 3.63) is 17.2 Å². The lowest BCUT2D eigenvalue weighted by Gasteiger charge is -2.04. The molecule has 0 aromatic carbocycles. The van der Waals surface area contributed by atoms with E-state index in [-0.39, 0.29) is 6.10 Å². The van der Waals surface area contributed by atoms with Crippen molar-refractivity contribution >= 4 is 0 Å². The van der Waals surface area contributed by atoms with Crippen molar-refractivity contribution in [1.82, 2.24) is 4.57 Å². The molecule has 0 bridgehead atoms. The Balaban J connectivity index is 2.90. The third-order valence-electron chi connectivity index (χ3n) is 3.55. The van der Waals surface area contributed by atoms with Gasteiger partial charge >= 0.3 is 0 Å². The maximum absolute atomic E-state index is 9.54. The first-order chi connectivity index (χ1) is 7.99. The summed E-state index contributed by atoms with van der Waals surface area (Å²) < 4.78 is 4.61. The predicted octanol–water partition coefficient (Wildman–Crippen LogP) is 2.27. The first-order valence-corrected chi connectivity index (χ1v) is 6.73. The van der Waals surface area contributed by atoms with E-state index in [1.54, 1.807) is 0 Å². The van der Waals surface area contributed by atoms with Crippen molar-refractivity contribution in [3.8, 4) is 0 Å². The zero-order valence-corrected chi connectivity index (χ0v) is 12.0. The minimum absolute atomic E-state index is 0.289. The second-order valence-electron chi connectivity index (χ2n) is 5.04. The van der Waals surface area contributed by atoms with Crippen LogP contribution in [0.1, 0.15) is 50.3 Å². The van der Waals surface area contributed by atoms with E-state index in [1.165, 1.54) is 36.5 Å². The molecule has 0 saturated carbocycles. The Kier molecular flexibility index (Phi) is 5.19. The number of nitrogens with zero attached hydrogens (tertiary/aromatic N) is 2. The van der Waals surface area contributed by atoms with Crippen molar-refractivity contribution in [3.63, 3.8) is 0 Å². The molecule has 3 nitrogen and oxygen atoms in total. The third-order valence-corrected chi connectivity index (χ3v) is 3.55. The topological polar surface area (TPSA) is 29.0 Å². The maximum Gasteiger partial charge on any atom is 0.253 e. The summed E-state index contributed by atoms with van der Waals surface area (Å²) in [4.78, 5) is 0. The van der Waals surface area contributed by atoms with Crippen LogP contribution in [0.4, 0.5) is 0 Å². The predicted molar refractivity (Wildman–Crippen MR) is 70.0 cm³/mol. The second kappa shape index (κ2) is 6.20. The first kappa shape index (κ1) is 14.2.